The van der Waals surface area contributed by atoms with E-state index in [1.54, 1.807) is 26.1 Å². The molecular formula is C26H28F4N4OS. The molecule has 2 atom stereocenters. The van der Waals surface area contributed by atoms with Gasteiger partial charge in [0.05, 0.1) is 35.6 Å². The fourth-order valence-electron chi connectivity index (χ4n) is 3.96. The van der Waals surface area contributed by atoms with Crippen LogP contribution >= 0.6 is 11.8 Å². The Morgan fingerprint density at radius 2 is 1.94 bits per heavy atom. The van der Waals surface area contributed by atoms with E-state index in [9.17, 15) is 27.6 Å². The molecule has 0 bridgehead atoms. The van der Waals surface area contributed by atoms with Crippen LogP contribution in [0.2, 0.25) is 0 Å². The van der Waals surface area contributed by atoms with Crippen LogP contribution in [0.4, 0.5) is 23.2 Å². The molecule has 0 aromatic carbocycles. The number of amides is 1. The Labute approximate surface area is 212 Å². The lowest BCUT2D eigenvalue weighted by atomic mass is 9.87. The summed E-state index contributed by atoms with van der Waals surface area (Å²) in [4.78, 5) is 23.4. The van der Waals surface area contributed by atoms with Crippen LogP contribution in [-0.2, 0) is 10.2 Å². The highest BCUT2D eigenvalue weighted by Gasteiger charge is 2.55. The predicted molar refractivity (Wildman–Crippen MR) is 133 cm³/mol. The lowest BCUT2D eigenvalue weighted by Crippen LogP contribution is -2.50. The Kier molecular flexibility index (Phi) is 7.84. The van der Waals surface area contributed by atoms with E-state index >= 15 is 0 Å². The van der Waals surface area contributed by atoms with Gasteiger partial charge in [-0.05, 0) is 61.3 Å². The van der Waals surface area contributed by atoms with Crippen molar-refractivity contribution < 1.29 is 22.4 Å². The molecule has 0 saturated carbocycles. The molecule has 2 unspecified atom stereocenters. The second kappa shape index (κ2) is 10.2. The molecule has 1 aliphatic heterocycles. The zero-order valence-corrected chi connectivity index (χ0v) is 21.4. The number of nitriles is 1. The number of nitrogens with zero attached hydrogens (tertiary/aromatic N) is 4. The van der Waals surface area contributed by atoms with E-state index in [1.807, 2.05) is 19.9 Å². The standard InChI is InChI=1S/C26H28F4N4OS/c1-6-25(27,26(28,29)30)15-34-20-13-32-19(11-18(20)16(3)8-9-22(34)35)23-21(36-7-2)10-17(12-33-23)24(4,5)14-31/h6,10-13,16H,1,7-9,15H2,2-5H3. The summed E-state index contributed by atoms with van der Waals surface area (Å²) in [6, 6.07) is 5.88. The molecule has 0 spiro atoms. The van der Waals surface area contributed by atoms with Crippen molar-refractivity contribution >= 4 is 23.4 Å². The molecule has 2 aromatic heterocycles. The monoisotopic (exact) mass is 520 g/mol. The summed E-state index contributed by atoms with van der Waals surface area (Å²) in [5, 5.41) is 9.51. The highest BCUT2D eigenvalue weighted by atomic mass is 32.2. The first-order valence-corrected chi connectivity index (χ1v) is 12.5. The number of alkyl halides is 4. The molecule has 1 aliphatic rings. The van der Waals surface area contributed by atoms with Gasteiger partial charge in [0.2, 0.25) is 11.6 Å². The van der Waals surface area contributed by atoms with Crippen molar-refractivity contribution in [1.82, 2.24) is 9.97 Å². The molecule has 10 heteroatoms. The fourth-order valence-corrected chi connectivity index (χ4v) is 4.78. The summed E-state index contributed by atoms with van der Waals surface area (Å²) in [6.07, 6.45) is -1.72. The van der Waals surface area contributed by atoms with Crippen molar-refractivity contribution in [1.29, 1.82) is 5.26 Å². The minimum atomic E-state index is -5.23. The van der Waals surface area contributed by atoms with Crippen LogP contribution in [-0.4, -0.2) is 40.0 Å². The number of halogens is 4. The number of fused-ring (bicyclic) bond motifs is 1. The summed E-state index contributed by atoms with van der Waals surface area (Å²) in [6.45, 7) is 9.23. The lowest BCUT2D eigenvalue weighted by molar-refractivity contribution is -0.208. The molecule has 0 N–H and O–H groups in total. The summed E-state index contributed by atoms with van der Waals surface area (Å²) >= 11 is 1.53. The Morgan fingerprint density at radius 3 is 2.53 bits per heavy atom. The van der Waals surface area contributed by atoms with Crippen LogP contribution < -0.4 is 4.90 Å². The molecular weight excluding hydrogens is 492 g/mol. The first-order chi connectivity index (χ1) is 16.8. The maximum atomic E-state index is 14.9. The molecule has 0 saturated heterocycles. The molecule has 3 heterocycles. The third-order valence-corrected chi connectivity index (χ3v) is 7.32. The Bertz CT molecular complexity index is 1210. The fraction of sp³-hybridized carbons (Fsp3) is 0.462. The highest BCUT2D eigenvalue weighted by Crippen LogP contribution is 2.42. The third kappa shape index (κ3) is 5.26. The number of carbonyl (C=O) groups is 1. The number of aromatic nitrogens is 2. The van der Waals surface area contributed by atoms with Crippen LogP contribution in [0.1, 0.15) is 57.6 Å². The number of anilines is 1. The topological polar surface area (TPSA) is 69.9 Å². The van der Waals surface area contributed by atoms with Crippen molar-refractivity contribution in [2.75, 3.05) is 17.2 Å². The van der Waals surface area contributed by atoms with Crippen molar-refractivity contribution in [3.63, 3.8) is 0 Å². The van der Waals surface area contributed by atoms with Gasteiger partial charge in [-0.15, -0.1) is 11.8 Å². The van der Waals surface area contributed by atoms with Gasteiger partial charge in [0.1, 0.15) is 5.69 Å². The lowest BCUT2D eigenvalue weighted by Gasteiger charge is -2.32. The zero-order valence-electron chi connectivity index (χ0n) is 20.6. The Hall–Kier alpha value is -2.93. The molecule has 2 aromatic rings. The average Bonchev–Trinajstić information content (AvgIpc) is 2.95. The van der Waals surface area contributed by atoms with Crippen LogP contribution in [0, 0.1) is 11.3 Å². The first kappa shape index (κ1) is 27.7. The number of hydrogen-bond donors (Lipinski definition) is 0. The van der Waals surface area contributed by atoms with Gasteiger partial charge in [-0.3, -0.25) is 14.8 Å². The van der Waals surface area contributed by atoms with Crippen molar-refractivity contribution in [2.45, 2.75) is 68.6 Å². The second-order valence-corrected chi connectivity index (χ2v) is 10.7. The third-order valence-electron chi connectivity index (χ3n) is 6.41. The SMILES string of the molecule is C=CC(F)(CN1C(=O)CCC(C)c2cc(-c3ncc(C(C)(C)C#N)cc3SCC)ncc21)C(F)(F)F. The van der Waals surface area contributed by atoms with E-state index < -0.39 is 29.7 Å². The molecule has 0 fully saturated rings. The van der Waals surface area contributed by atoms with Crippen LogP contribution in [0.15, 0.2) is 42.1 Å². The van der Waals surface area contributed by atoms with E-state index in [1.165, 1.54) is 18.0 Å². The minimum absolute atomic E-state index is 0.0244. The number of carbonyl (C=O) groups excluding carboxylic acids is 1. The largest absolute Gasteiger partial charge is 0.427 e. The molecule has 0 radical (unpaired) electrons. The van der Waals surface area contributed by atoms with E-state index in [-0.39, 0.29) is 24.1 Å². The number of pyridine rings is 2. The minimum Gasteiger partial charge on any atom is -0.307 e. The second-order valence-electron chi connectivity index (χ2n) is 9.35. The summed E-state index contributed by atoms with van der Waals surface area (Å²) < 4.78 is 55.2. The maximum Gasteiger partial charge on any atom is 0.427 e. The molecule has 3 rings (SSSR count). The van der Waals surface area contributed by atoms with Crippen molar-refractivity contribution in [3.8, 4) is 17.5 Å². The summed E-state index contributed by atoms with van der Waals surface area (Å²) in [5.74, 6) is -0.0445. The molecule has 36 heavy (non-hydrogen) atoms. The Balaban J connectivity index is 2.13. The van der Waals surface area contributed by atoms with Gasteiger partial charge in [-0.1, -0.05) is 20.4 Å². The van der Waals surface area contributed by atoms with Gasteiger partial charge in [0.15, 0.2) is 0 Å². The van der Waals surface area contributed by atoms with Crippen molar-refractivity contribution in [3.05, 3.63) is 48.3 Å². The van der Waals surface area contributed by atoms with Gasteiger partial charge < -0.3 is 4.90 Å². The molecule has 1 amide bonds. The average molecular weight is 521 g/mol. The number of rotatable bonds is 7. The Morgan fingerprint density at radius 1 is 1.25 bits per heavy atom. The van der Waals surface area contributed by atoms with E-state index in [4.69, 9.17) is 0 Å². The highest BCUT2D eigenvalue weighted by molar-refractivity contribution is 7.99. The van der Waals surface area contributed by atoms with Crippen molar-refractivity contribution in [2.24, 2.45) is 0 Å². The van der Waals surface area contributed by atoms with Crippen LogP contribution in [0.5, 0.6) is 0 Å². The summed E-state index contributed by atoms with van der Waals surface area (Å²) in [7, 11) is 0. The molecule has 5 nitrogen and oxygen atoms in total. The quantitative estimate of drug-likeness (QED) is 0.230. The maximum absolute atomic E-state index is 14.9. The molecule has 192 valence electrons. The van der Waals surface area contributed by atoms with Gasteiger partial charge in [0, 0.05) is 17.5 Å². The molecule has 0 aliphatic carbocycles. The first-order valence-electron chi connectivity index (χ1n) is 11.5. The smallest absolute Gasteiger partial charge is 0.307 e. The van der Waals surface area contributed by atoms with E-state index in [0.717, 1.165) is 21.1 Å². The van der Waals surface area contributed by atoms with Gasteiger partial charge in [-0.2, -0.15) is 18.4 Å². The van der Waals surface area contributed by atoms with E-state index in [2.05, 4.69) is 22.6 Å². The number of hydrogen-bond acceptors (Lipinski definition) is 5. The van der Waals surface area contributed by atoms with Gasteiger partial charge >= 0.3 is 6.18 Å². The summed E-state index contributed by atoms with van der Waals surface area (Å²) in [5.41, 5.74) is -1.96. The van der Waals surface area contributed by atoms with Crippen LogP contribution in [0.3, 0.4) is 0 Å². The zero-order chi connectivity index (χ0) is 26.9. The van der Waals surface area contributed by atoms with Gasteiger partial charge in [0.25, 0.3) is 0 Å². The normalized spacial score (nSPS) is 18.1. The predicted octanol–water partition coefficient (Wildman–Crippen LogP) is 6.74. The van der Waals surface area contributed by atoms with Crippen LogP contribution in [0.25, 0.3) is 11.4 Å². The number of thioether (sulfide) groups is 1. The van der Waals surface area contributed by atoms with E-state index in [0.29, 0.717) is 23.4 Å². The van der Waals surface area contributed by atoms with Gasteiger partial charge in [-0.25, -0.2) is 4.39 Å².